The van der Waals surface area contributed by atoms with E-state index in [2.05, 4.69) is 65.3 Å². The molecule has 4 heteroatoms. The molecule has 4 rings (SSSR count). The molecule has 4 nitrogen and oxygen atoms in total. The minimum Gasteiger partial charge on any atom is -0.494 e. The molecule has 0 amide bonds. The van der Waals surface area contributed by atoms with Crippen molar-refractivity contribution in [2.45, 2.75) is 46.3 Å². The van der Waals surface area contributed by atoms with E-state index in [0.29, 0.717) is 18.5 Å². The van der Waals surface area contributed by atoms with Gasteiger partial charge in [-0.3, -0.25) is 9.69 Å². The fourth-order valence-electron chi connectivity index (χ4n) is 4.12. The van der Waals surface area contributed by atoms with E-state index in [9.17, 15) is 4.79 Å². The molecule has 33 heavy (non-hydrogen) atoms. The van der Waals surface area contributed by atoms with Crippen LogP contribution >= 0.6 is 0 Å². The number of pyridine rings is 1. The van der Waals surface area contributed by atoms with Crippen LogP contribution in [0.3, 0.4) is 0 Å². The van der Waals surface area contributed by atoms with Gasteiger partial charge in [-0.05, 0) is 42.7 Å². The van der Waals surface area contributed by atoms with Crippen molar-refractivity contribution < 1.29 is 4.74 Å². The maximum Gasteiger partial charge on any atom is 0.194 e. The van der Waals surface area contributed by atoms with Crippen molar-refractivity contribution in [2.75, 3.05) is 6.61 Å². The highest BCUT2D eigenvalue weighted by atomic mass is 16.5. The number of nitrogens with one attached hydrogen (secondary N) is 1. The van der Waals surface area contributed by atoms with Crippen LogP contribution in [0.4, 0.5) is 0 Å². The number of aromatic amines is 1. The van der Waals surface area contributed by atoms with Gasteiger partial charge in [0.1, 0.15) is 5.75 Å². The van der Waals surface area contributed by atoms with E-state index in [-0.39, 0.29) is 5.43 Å². The summed E-state index contributed by atoms with van der Waals surface area (Å²) in [5.74, 6) is 0.752. The second-order valence-corrected chi connectivity index (χ2v) is 8.58. The van der Waals surface area contributed by atoms with E-state index in [0.717, 1.165) is 48.5 Å². The molecule has 0 saturated heterocycles. The van der Waals surface area contributed by atoms with Crippen molar-refractivity contribution in [2.24, 2.45) is 0 Å². The maximum absolute atomic E-state index is 13.6. The quantitative estimate of drug-likeness (QED) is 0.298. The molecular weight excluding hydrogens is 408 g/mol. The number of aromatic nitrogens is 1. The van der Waals surface area contributed by atoms with Gasteiger partial charge in [-0.25, -0.2) is 0 Å². The normalized spacial score (nSPS) is 11.2. The molecule has 0 unspecified atom stereocenters. The number of fused-ring (bicyclic) bond motifs is 1. The van der Waals surface area contributed by atoms with E-state index >= 15 is 0 Å². The van der Waals surface area contributed by atoms with Crippen molar-refractivity contribution in [3.8, 4) is 5.75 Å². The molecule has 0 bridgehead atoms. The van der Waals surface area contributed by atoms with Gasteiger partial charge >= 0.3 is 0 Å². The highest BCUT2D eigenvalue weighted by Gasteiger charge is 2.15. The average Bonchev–Trinajstić information content (AvgIpc) is 2.83. The van der Waals surface area contributed by atoms with Gasteiger partial charge in [0.15, 0.2) is 5.43 Å². The van der Waals surface area contributed by atoms with Gasteiger partial charge in [0.25, 0.3) is 0 Å². The van der Waals surface area contributed by atoms with E-state index in [1.165, 1.54) is 11.1 Å². The number of unbranched alkanes of at least 4 members (excludes halogenated alkanes) is 1. The lowest BCUT2D eigenvalue weighted by Gasteiger charge is -2.23. The number of benzene rings is 3. The van der Waals surface area contributed by atoms with E-state index in [4.69, 9.17) is 4.74 Å². The Morgan fingerprint density at radius 2 is 1.48 bits per heavy atom. The predicted octanol–water partition coefficient (Wildman–Crippen LogP) is 6.22. The fourth-order valence-corrected chi connectivity index (χ4v) is 4.12. The summed E-state index contributed by atoms with van der Waals surface area (Å²) in [6, 6.07) is 26.6. The molecule has 0 aliphatic carbocycles. The van der Waals surface area contributed by atoms with Gasteiger partial charge in [-0.2, -0.15) is 0 Å². The second kappa shape index (κ2) is 11.0. The van der Waals surface area contributed by atoms with Crippen LogP contribution in [-0.4, -0.2) is 16.5 Å². The number of ether oxygens (including phenoxy) is 1. The average molecular weight is 441 g/mol. The van der Waals surface area contributed by atoms with Crippen LogP contribution in [-0.2, 0) is 19.6 Å². The zero-order valence-electron chi connectivity index (χ0n) is 19.5. The monoisotopic (exact) mass is 440 g/mol. The lowest BCUT2D eigenvalue weighted by Crippen LogP contribution is -2.27. The minimum atomic E-state index is 0.0771. The molecule has 0 radical (unpaired) electrons. The largest absolute Gasteiger partial charge is 0.494 e. The first-order valence-electron chi connectivity index (χ1n) is 11.7. The molecule has 170 valence electrons. The summed E-state index contributed by atoms with van der Waals surface area (Å²) in [5, 5.41) is 0.684. The van der Waals surface area contributed by atoms with Gasteiger partial charge < -0.3 is 9.72 Å². The maximum atomic E-state index is 13.6. The van der Waals surface area contributed by atoms with Gasteiger partial charge in [-0.1, -0.05) is 74.0 Å². The summed E-state index contributed by atoms with van der Waals surface area (Å²) >= 11 is 0. The van der Waals surface area contributed by atoms with Crippen LogP contribution in [0, 0.1) is 6.92 Å². The summed E-state index contributed by atoms with van der Waals surface area (Å²) < 4.78 is 5.86. The topological polar surface area (TPSA) is 45.3 Å². The number of nitrogens with zero attached hydrogens (tertiary/aromatic N) is 1. The summed E-state index contributed by atoms with van der Waals surface area (Å²) in [6.07, 6.45) is 2.08. The molecule has 0 spiro atoms. The molecular formula is C29H32N2O2. The number of rotatable bonds is 10. The van der Waals surface area contributed by atoms with Crippen molar-refractivity contribution >= 4 is 10.9 Å². The number of H-pyrrole nitrogens is 1. The first kappa shape index (κ1) is 22.8. The fraction of sp³-hybridized carbons (Fsp3) is 0.276. The SMILES string of the molecule is CCCCOc1ccc2[nH]c(C)c(CN(Cc3ccccc3)Cc3ccccc3)c(=O)c2c1. The summed E-state index contributed by atoms with van der Waals surface area (Å²) in [6.45, 7) is 6.91. The second-order valence-electron chi connectivity index (χ2n) is 8.58. The van der Waals surface area contributed by atoms with Crippen LogP contribution in [0.25, 0.3) is 10.9 Å². The molecule has 1 heterocycles. The molecule has 0 fully saturated rings. The Labute approximate surface area is 195 Å². The first-order chi connectivity index (χ1) is 16.1. The summed E-state index contributed by atoms with van der Waals surface area (Å²) in [4.78, 5) is 19.3. The third-order valence-corrected chi connectivity index (χ3v) is 5.93. The zero-order valence-corrected chi connectivity index (χ0v) is 19.5. The van der Waals surface area contributed by atoms with Crippen LogP contribution in [0.15, 0.2) is 83.7 Å². The molecule has 4 aromatic rings. The van der Waals surface area contributed by atoms with Crippen LogP contribution < -0.4 is 10.2 Å². The van der Waals surface area contributed by atoms with Crippen LogP contribution in [0.1, 0.15) is 42.1 Å². The first-order valence-corrected chi connectivity index (χ1v) is 11.7. The number of hydrogen-bond acceptors (Lipinski definition) is 3. The molecule has 1 N–H and O–H groups in total. The van der Waals surface area contributed by atoms with Crippen molar-refractivity contribution in [3.63, 3.8) is 0 Å². The van der Waals surface area contributed by atoms with Gasteiger partial charge in [0, 0.05) is 41.8 Å². The van der Waals surface area contributed by atoms with E-state index in [1.54, 1.807) is 0 Å². The van der Waals surface area contributed by atoms with Crippen molar-refractivity contribution in [1.82, 2.24) is 9.88 Å². The van der Waals surface area contributed by atoms with Crippen molar-refractivity contribution in [1.29, 1.82) is 0 Å². The van der Waals surface area contributed by atoms with E-state index in [1.807, 2.05) is 37.3 Å². The van der Waals surface area contributed by atoms with Crippen molar-refractivity contribution in [3.05, 3.63) is 111 Å². The summed E-state index contributed by atoms with van der Waals surface area (Å²) in [7, 11) is 0. The molecule has 1 aromatic heterocycles. The Balaban J connectivity index is 1.65. The van der Waals surface area contributed by atoms with E-state index < -0.39 is 0 Å². The molecule has 0 atom stereocenters. The Morgan fingerprint density at radius 3 is 2.09 bits per heavy atom. The molecule has 0 saturated carbocycles. The Kier molecular flexibility index (Phi) is 7.59. The standard InChI is InChI=1S/C29H32N2O2/c1-3-4-17-33-25-15-16-28-26(18-25)29(32)27(22(2)30-28)21-31(19-23-11-7-5-8-12-23)20-24-13-9-6-10-14-24/h5-16,18H,3-4,17,19-21H2,1-2H3,(H,30,32). The molecule has 0 aliphatic heterocycles. The third kappa shape index (κ3) is 5.91. The predicted molar refractivity (Wildman–Crippen MR) is 136 cm³/mol. The highest BCUT2D eigenvalue weighted by Crippen LogP contribution is 2.21. The number of aryl methyl sites for hydroxylation is 1. The number of hydrogen-bond donors (Lipinski definition) is 1. The lowest BCUT2D eigenvalue weighted by molar-refractivity contribution is 0.246. The minimum absolute atomic E-state index is 0.0771. The highest BCUT2D eigenvalue weighted by molar-refractivity contribution is 5.81. The van der Waals surface area contributed by atoms with Crippen LogP contribution in [0.5, 0.6) is 5.75 Å². The third-order valence-electron chi connectivity index (χ3n) is 5.93. The zero-order chi connectivity index (χ0) is 23.0. The molecule has 0 aliphatic rings. The summed E-state index contributed by atoms with van der Waals surface area (Å²) in [5.41, 5.74) is 5.11. The Hall–Kier alpha value is -3.37. The van der Waals surface area contributed by atoms with Crippen LogP contribution in [0.2, 0.25) is 0 Å². The Bertz CT molecular complexity index is 1190. The smallest absolute Gasteiger partial charge is 0.194 e. The Morgan fingerprint density at radius 1 is 0.848 bits per heavy atom. The lowest BCUT2D eigenvalue weighted by atomic mass is 10.1. The van der Waals surface area contributed by atoms with Gasteiger partial charge in [0.05, 0.1) is 6.61 Å². The van der Waals surface area contributed by atoms with Gasteiger partial charge in [-0.15, -0.1) is 0 Å². The molecule has 3 aromatic carbocycles. The van der Waals surface area contributed by atoms with Gasteiger partial charge in [0.2, 0.25) is 0 Å².